The standard InChI is InChI=1S/C37H66O2/c1-21(2)32-23(4)17-36(9)20-35(8)18-30-29(27-13-15-31(39-11)28(16-27)19-38)14-12-22(3)33(30)24(5)34(35)26(7)37(36,10)25(32)6/h21-34,38H,12-20H2,1-11H3. The van der Waals surface area contributed by atoms with E-state index >= 15 is 0 Å². The van der Waals surface area contributed by atoms with Gasteiger partial charge in [-0.25, -0.2) is 0 Å². The molecule has 0 radical (unpaired) electrons. The van der Waals surface area contributed by atoms with Crippen LogP contribution in [0.4, 0.5) is 0 Å². The zero-order valence-corrected chi connectivity index (χ0v) is 27.8. The summed E-state index contributed by atoms with van der Waals surface area (Å²) in [6.45, 7) is 26.9. The van der Waals surface area contributed by atoms with Crippen LogP contribution in [0.3, 0.4) is 0 Å². The summed E-state index contributed by atoms with van der Waals surface area (Å²) in [5.74, 6) is 10.3. The minimum Gasteiger partial charge on any atom is -0.396 e. The number of aliphatic hydroxyl groups is 1. The number of aliphatic hydroxyl groups excluding tert-OH is 1. The van der Waals surface area contributed by atoms with Crippen molar-refractivity contribution >= 4 is 0 Å². The Labute approximate surface area is 243 Å². The molecule has 16 atom stereocenters. The van der Waals surface area contributed by atoms with Crippen LogP contribution in [0.5, 0.6) is 0 Å². The summed E-state index contributed by atoms with van der Waals surface area (Å²) in [6, 6.07) is 0. The van der Waals surface area contributed by atoms with E-state index in [2.05, 4.69) is 69.2 Å². The second-order valence-corrected chi connectivity index (χ2v) is 17.6. The van der Waals surface area contributed by atoms with E-state index in [9.17, 15) is 5.11 Å². The summed E-state index contributed by atoms with van der Waals surface area (Å²) >= 11 is 0. The van der Waals surface area contributed by atoms with Gasteiger partial charge in [-0.15, -0.1) is 0 Å². The maximum atomic E-state index is 10.2. The first-order chi connectivity index (χ1) is 18.2. The molecule has 0 bridgehead atoms. The van der Waals surface area contributed by atoms with Crippen LogP contribution in [0.2, 0.25) is 0 Å². The van der Waals surface area contributed by atoms with Crippen LogP contribution in [-0.4, -0.2) is 24.9 Å². The maximum Gasteiger partial charge on any atom is 0.0621 e. The minimum absolute atomic E-state index is 0.263. The average molecular weight is 543 g/mol. The first-order valence-corrected chi connectivity index (χ1v) is 17.4. The number of hydrogen-bond acceptors (Lipinski definition) is 2. The van der Waals surface area contributed by atoms with Gasteiger partial charge in [0.05, 0.1) is 6.10 Å². The highest BCUT2D eigenvalue weighted by Crippen LogP contribution is 2.75. The molecule has 5 rings (SSSR count). The summed E-state index contributed by atoms with van der Waals surface area (Å²) in [7, 11) is 1.85. The van der Waals surface area contributed by atoms with Gasteiger partial charge in [-0.1, -0.05) is 75.7 Å². The molecule has 5 aliphatic carbocycles. The Kier molecular flexibility index (Phi) is 8.24. The van der Waals surface area contributed by atoms with Crippen molar-refractivity contribution in [3.05, 3.63) is 0 Å². The van der Waals surface area contributed by atoms with E-state index in [1.54, 1.807) is 0 Å². The van der Waals surface area contributed by atoms with Gasteiger partial charge in [-0.2, -0.15) is 0 Å². The second kappa shape index (κ2) is 10.6. The molecule has 0 aromatic rings. The SMILES string of the molecule is COC1CCC(C2CCC(C)C3C(C)C4C(C)C5(C)C(C)C(C(C)C)C(C)CC5(C)CC4(C)CC23)CC1CO. The smallest absolute Gasteiger partial charge is 0.0621 e. The molecule has 0 aromatic heterocycles. The molecule has 0 aliphatic heterocycles. The largest absolute Gasteiger partial charge is 0.396 e. The molecule has 5 fully saturated rings. The Morgan fingerprint density at radius 2 is 1.54 bits per heavy atom. The van der Waals surface area contributed by atoms with Gasteiger partial charge < -0.3 is 9.84 Å². The molecule has 39 heavy (non-hydrogen) atoms. The molecule has 2 heteroatoms. The number of hydrogen-bond donors (Lipinski definition) is 1. The number of fused-ring (bicyclic) bond motifs is 3. The highest BCUT2D eigenvalue weighted by Gasteiger charge is 2.68. The quantitative estimate of drug-likeness (QED) is 0.383. The third-order valence-electron chi connectivity index (χ3n) is 15.7. The lowest BCUT2D eigenvalue weighted by Gasteiger charge is -2.73. The molecule has 5 aliphatic rings. The summed E-state index contributed by atoms with van der Waals surface area (Å²) < 4.78 is 5.82. The van der Waals surface area contributed by atoms with Gasteiger partial charge in [-0.05, 0) is 132 Å². The van der Waals surface area contributed by atoms with Gasteiger partial charge in [0.15, 0.2) is 0 Å². The molecule has 0 aromatic carbocycles. The second-order valence-electron chi connectivity index (χ2n) is 17.6. The highest BCUT2D eigenvalue weighted by atomic mass is 16.5. The van der Waals surface area contributed by atoms with Gasteiger partial charge in [0.1, 0.15) is 0 Å². The normalized spacial score (nSPS) is 57.9. The van der Waals surface area contributed by atoms with E-state index in [0.29, 0.717) is 28.8 Å². The predicted molar refractivity (Wildman–Crippen MR) is 164 cm³/mol. The van der Waals surface area contributed by atoms with E-state index in [1.807, 2.05) is 7.11 Å². The predicted octanol–water partition coefficient (Wildman–Crippen LogP) is 9.35. The van der Waals surface area contributed by atoms with Crippen LogP contribution in [0.15, 0.2) is 0 Å². The zero-order valence-electron chi connectivity index (χ0n) is 27.8. The summed E-state index contributed by atoms with van der Waals surface area (Å²) in [4.78, 5) is 0. The van der Waals surface area contributed by atoms with Gasteiger partial charge in [0, 0.05) is 19.6 Å². The Hall–Kier alpha value is -0.0800. The van der Waals surface area contributed by atoms with E-state index < -0.39 is 0 Å². The van der Waals surface area contributed by atoms with Crippen molar-refractivity contribution in [3.8, 4) is 0 Å². The van der Waals surface area contributed by atoms with Crippen molar-refractivity contribution in [2.75, 3.05) is 13.7 Å². The van der Waals surface area contributed by atoms with Crippen molar-refractivity contribution in [3.63, 3.8) is 0 Å². The van der Waals surface area contributed by atoms with Gasteiger partial charge >= 0.3 is 0 Å². The zero-order chi connectivity index (χ0) is 28.7. The Morgan fingerprint density at radius 3 is 2.15 bits per heavy atom. The fourth-order valence-corrected chi connectivity index (χ4v) is 14.5. The van der Waals surface area contributed by atoms with Crippen molar-refractivity contribution in [1.82, 2.24) is 0 Å². The van der Waals surface area contributed by atoms with Crippen molar-refractivity contribution < 1.29 is 9.84 Å². The molecular weight excluding hydrogens is 476 g/mol. The van der Waals surface area contributed by atoms with Gasteiger partial charge in [-0.3, -0.25) is 0 Å². The molecule has 0 saturated heterocycles. The Morgan fingerprint density at radius 1 is 0.846 bits per heavy atom. The van der Waals surface area contributed by atoms with Crippen LogP contribution < -0.4 is 0 Å². The van der Waals surface area contributed by atoms with E-state index in [1.165, 1.54) is 44.9 Å². The number of rotatable bonds is 4. The van der Waals surface area contributed by atoms with E-state index in [0.717, 1.165) is 77.4 Å². The first-order valence-electron chi connectivity index (χ1n) is 17.4. The topological polar surface area (TPSA) is 29.5 Å². The fraction of sp³-hybridized carbons (Fsp3) is 1.00. The third kappa shape index (κ3) is 4.44. The van der Waals surface area contributed by atoms with Gasteiger partial charge in [0.2, 0.25) is 0 Å². The highest BCUT2D eigenvalue weighted by molar-refractivity contribution is 5.17. The van der Waals surface area contributed by atoms with Crippen LogP contribution in [0.1, 0.15) is 121 Å². The van der Waals surface area contributed by atoms with E-state index in [4.69, 9.17) is 4.74 Å². The van der Waals surface area contributed by atoms with Gasteiger partial charge in [0.25, 0.3) is 0 Å². The molecular formula is C37H66O2. The molecule has 1 N–H and O–H groups in total. The van der Waals surface area contributed by atoms with Crippen molar-refractivity contribution in [1.29, 1.82) is 0 Å². The summed E-state index contributed by atoms with van der Waals surface area (Å²) in [5.41, 5.74) is 1.31. The molecule has 0 heterocycles. The third-order valence-corrected chi connectivity index (χ3v) is 15.7. The lowest BCUT2D eigenvalue weighted by molar-refractivity contribution is -0.249. The molecule has 226 valence electrons. The Bertz CT molecular complexity index is 867. The van der Waals surface area contributed by atoms with Crippen LogP contribution in [0, 0.1) is 93.2 Å². The Balaban J connectivity index is 1.48. The average Bonchev–Trinajstić information content (AvgIpc) is 2.85. The van der Waals surface area contributed by atoms with Crippen LogP contribution in [-0.2, 0) is 4.74 Å². The van der Waals surface area contributed by atoms with Crippen LogP contribution in [0.25, 0.3) is 0 Å². The minimum atomic E-state index is 0.263. The van der Waals surface area contributed by atoms with Crippen LogP contribution >= 0.6 is 0 Å². The monoisotopic (exact) mass is 543 g/mol. The number of methoxy groups -OCH3 is 1. The van der Waals surface area contributed by atoms with Crippen molar-refractivity contribution in [2.45, 2.75) is 127 Å². The lowest BCUT2D eigenvalue weighted by atomic mass is 9.31. The maximum absolute atomic E-state index is 10.2. The summed E-state index contributed by atoms with van der Waals surface area (Å²) in [6.07, 6.45) is 11.1. The number of ether oxygens (including phenoxy) is 1. The molecule has 2 nitrogen and oxygen atoms in total. The molecule has 0 amide bonds. The first kappa shape index (κ1) is 30.4. The molecule has 16 unspecified atom stereocenters. The summed E-state index contributed by atoms with van der Waals surface area (Å²) in [5, 5.41) is 10.2. The van der Waals surface area contributed by atoms with Crippen molar-refractivity contribution in [2.24, 2.45) is 93.2 Å². The fourth-order valence-electron chi connectivity index (χ4n) is 14.5. The molecule has 5 saturated carbocycles. The molecule has 0 spiro atoms. The van der Waals surface area contributed by atoms with E-state index in [-0.39, 0.29) is 6.10 Å². The lowest BCUT2D eigenvalue weighted by Crippen LogP contribution is -2.67.